The standard InChI is InChI=1S/C20H23ClFN3O3S/c1-14-5-7-16(12-19(14)29(27,28)25-9-3-2-4-10-25)23-13-20(26)24-18-11-15(21)6-8-17(18)22/h5-8,11-12,23H,2-4,9-10,13H2,1H3,(H,24,26). The van der Waals surface area contributed by atoms with Crippen molar-refractivity contribution in [1.29, 1.82) is 0 Å². The van der Waals surface area contributed by atoms with E-state index < -0.39 is 21.7 Å². The fourth-order valence-corrected chi connectivity index (χ4v) is 5.14. The van der Waals surface area contributed by atoms with Crippen LogP contribution in [0.1, 0.15) is 24.8 Å². The Hall–Kier alpha value is -2.16. The molecule has 0 saturated carbocycles. The van der Waals surface area contributed by atoms with Crippen LogP contribution in [0.3, 0.4) is 0 Å². The quantitative estimate of drug-likeness (QED) is 0.712. The summed E-state index contributed by atoms with van der Waals surface area (Å²) in [5.41, 5.74) is 1.13. The predicted octanol–water partition coefficient (Wildman–Crippen LogP) is 4.01. The Morgan fingerprint density at radius 3 is 2.59 bits per heavy atom. The van der Waals surface area contributed by atoms with E-state index >= 15 is 0 Å². The number of nitrogens with zero attached hydrogens (tertiary/aromatic N) is 1. The van der Waals surface area contributed by atoms with Gasteiger partial charge >= 0.3 is 0 Å². The van der Waals surface area contributed by atoms with Crippen LogP contribution in [0.25, 0.3) is 0 Å². The molecule has 0 unspecified atom stereocenters. The molecule has 0 spiro atoms. The lowest BCUT2D eigenvalue weighted by molar-refractivity contribution is -0.114. The van der Waals surface area contributed by atoms with Gasteiger partial charge in [-0.15, -0.1) is 0 Å². The van der Waals surface area contributed by atoms with E-state index in [2.05, 4.69) is 10.6 Å². The Morgan fingerprint density at radius 2 is 1.86 bits per heavy atom. The summed E-state index contributed by atoms with van der Waals surface area (Å²) in [6.07, 6.45) is 2.75. The SMILES string of the molecule is Cc1ccc(NCC(=O)Nc2cc(Cl)ccc2F)cc1S(=O)(=O)N1CCCCC1. The number of carbonyl (C=O) groups is 1. The van der Waals surface area contributed by atoms with Crippen molar-refractivity contribution in [2.24, 2.45) is 0 Å². The third kappa shape index (κ3) is 5.26. The number of hydrogen-bond donors (Lipinski definition) is 2. The van der Waals surface area contributed by atoms with E-state index in [0.29, 0.717) is 29.4 Å². The van der Waals surface area contributed by atoms with Crippen LogP contribution in [0, 0.1) is 12.7 Å². The number of piperidine rings is 1. The summed E-state index contributed by atoms with van der Waals surface area (Å²) in [5.74, 6) is -1.07. The largest absolute Gasteiger partial charge is 0.376 e. The first-order valence-electron chi connectivity index (χ1n) is 9.37. The van der Waals surface area contributed by atoms with Crippen LogP contribution < -0.4 is 10.6 Å². The summed E-state index contributed by atoms with van der Waals surface area (Å²) in [5, 5.41) is 5.64. The van der Waals surface area contributed by atoms with E-state index in [4.69, 9.17) is 11.6 Å². The number of carbonyl (C=O) groups excluding carboxylic acids is 1. The summed E-state index contributed by atoms with van der Waals surface area (Å²) < 4.78 is 41.2. The first-order chi connectivity index (χ1) is 13.8. The Labute approximate surface area is 175 Å². The summed E-state index contributed by atoms with van der Waals surface area (Å²) in [4.78, 5) is 12.4. The smallest absolute Gasteiger partial charge is 0.243 e. The zero-order valence-corrected chi connectivity index (χ0v) is 17.6. The lowest BCUT2D eigenvalue weighted by atomic mass is 10.2. The van der Waals surface area contributed by atoms with Crippen molar-refractivity contribution in [1.82, 2.24) is 4.31 Å². The third-order valence-corrected chi connectivity index (χ3v) is 7.05. The molecule has 0 bridgehead atoms. The van der Waals surface area contributed by atoms with E-state index in [-0.39, 0.29) is 17.1 Å². The van der Waals surface area contributed by atoms with E-state index in [1.807, 2.05) is 0 Å². The average molecular weight is 440 g/mol. The Balaban J connectivity index is 1.69. The number of sulfonamides is 1. The number of halogens is 2. The first-order valence-corrected chi connectivity index (χ1v) is 11.2. The molecular weight excluding hydrogens is 417 g/mol. The van der Waals surface area contributed by atoms with Crippen molar-refractivity contribution in [2.75, 3.05) is 30.3 Å². The minimum Gasteiger partial charge on any atom is -0.376 e. The number of hydrogen-bond acceptors (Lipinski definition) is 4. The van der Waals surface area contributed by atoms with Crippen molar-refractivity contribution in [2.45, 2.75) is 31.1 Å². The Morgan fingerprint density at radius 1 is 1.14 bits per heavy atom. The van der Waals surface area contributed by atoms with E-state index in [1.54, 1.807) is 19.1 Å². The molecule has 1 saturated heterocycles. The number of nitrogens with one attached hydrogen (secondary N) is 2. The van der Waals surface area contributed by atoms with Crippen LogP contribution >= 0.6 is 11.6 Å². The van der Waals surface area contributed by atoms with Crippen LogP contribution in [-0.4, -0.2) is 38.3 Å². The Bertz CT molecular complexity index is 1010. The van der Waals surface area contributed by atoms with Crippen LogP contribution in [0.4, 0.5) is 15.8 Å². The van der Waals surface area contributed by atoms with Gasteiger partial charge in [-0.2, -0.15) is 4.31 Å². The van der Waals surface area contributed by atoms with Crippen molar-refractivity contribution < 1.29 is 17.6 Å². The topological polar surface area (TPSA) is 78.5 Å². The summed E-state index contributed by atoms with van der Waals surface area (Å²) in [6.45, 7) is 2.63. The third-order valence-electron chi connectivity index (χ3n) is 4.78. The van der Waals surface area contributed by atoms with Gasteiger partial charge in [0.05, 0.1) is 17.1 Å². The first kappa shape index (κ1) is 21.5. The van der Waals surface area contributed by atoms with Crippen molar-refractivity contribution >= 4 is 38.9 Å². The molecule has 1 amide bonds. The van der Waals surface area contributed by atoms with E-state index in [0.717, 1.165) is 19.3 Å². The van der Waals surface area contributed by atoms with Gasteiger partial charge in [0.1, 0.15) is 5.82 Å². The minimum atomic E-state index is -3.58. The normalized spacial score (nSPS) is 15.1. The number of anilines is 2. The predicted molar refractivity (Wildman–Crippen MR) is 112 cm³/mol. The highest BCUT2D eigenvalue weighted by Gasteiger charge is 2.27. The zero-order chi connectivity index (χ0) is 21.0. The second kappa shape index (κ2) is 9.11. The molecule has 1 fully saturated rings. The van der Waals surface area contributed by atoms with Gasteiger partial charge in [0, 0.05) is 23.8 Å². The monoisotopic (exact) mass is 439 g/mol. The average Bonchev–Trinajstić information content (AvgIpc) is 2.70. The molecule has 156 valence electrons. The maximum Gasteiger partial charge on any atom is 0.243 e. The minimum absolute atomic E-state index is 0.0124. The van der Waals surface area contributed by atoms with Gasteiger partial charge < -0.3 is 10.6 Å². The van der Waals surface area contributed by atoms with Crippen molar-refractivity contribution in [3.05, 3.63) is 52.8 Å². The second-order valence-corrected chi connectivity index (χ2v) is 9.31. The molecule has 2 aromatic rings. The van der Waals surface area contributed by atoms with E-state index in [1.165, 1.54) is 28.6 Å². The van der Waals surface area contributed by atoms with Gasteiger partial charge in [-0.25, -0.2) is 12.8 Å². The van der Waals surface area contributed by atoms with Crippen molar-refractivity contribution in [3.8, 4) is 0 Å². The molecule has 9 heteroatoms. The van der Waals surface area contributed by atoms with Crippen molar-refractivity contribution in [3.63, 3.8) is 0 Å². The lowest BCUT2D eigenvalue weighted by Gasteiger charge is -2.26. The zero-order valence-electron chi connectivity index (χ0n) is 16.0. The van der Waals surface area contributed by atoms with Crippen LogP contribution in [-0.2, 0) is 14.8 Å². The second-order valence-electron chi connectivity index (χ2n) is 6.97. The maximum absolute atomic E-state index is 13.7. The molecule has 1 aliphatic heterocycles. The molecule has 2 aromatic carbocycles. The van der Waals surface area contributed by atoms with Crippen LogP contribution in [0.5, 0.6) is 0 Å². The highest BCUT2D eigenvalue weighted by atomic mass is 35.5. The number of amides is 1. The lowest BCUT2D eigenvalue weighted by Crippen LogP contribution is -2.36. The van der Waals surface area contributed by atoms with Crippen LogP contribution in [0.2, 0.25) is 5.02 Å². The summed E-state index contributed by atoms with van der Waals surface area (Å²) in [6, 6.07) is 8.83. The van der Waals surface area contributed by atoms with Gasteiger partial charge in [0.2, 0.25) is 15.9 Å². The molecule has 0 atom stereocenters. The highest BCUT2D eigenvalue weighted by molar-refractivity contribution is 7.89. The van der Waals surface area contributed by atoms with E-state index in [9.17, 15) is 17.6 Å². The molecule has 0 aliphatic carbocycles. The Kier molecular flexibility index (Phi) is 6.77. The number of benzene rings is 2. The molecule has 0 aromatic heterocycles. The van der Waals surface area contributed by atoms with Gasteiger partial charge in [0.15, 0.2) is 0 Å². The molecule has 2 N–H and O–H groups in total. The molecule has 0 radical (unpaired) electrons. The number of rotatable bonds is 6. The molecule has 3 rings (SSSR count). The van der Waals surface area contributed by atoms with Gasteiger partial charge in [-0.3, -0.25) is 4.79 Å². The highest BCUT2D eigenvalue weighted by Crippen LogP contribution is 2.26. The van der Waals surface area contributed by atoms with Gasteiger partial charge in [-0.1, -0.05) is 24.1 Å². The fourth-order valence-electron chi connectivity index (χ4n) is 3.20. The van der Waals surface area contributed by atoms with Gasteiger partial charge in [-0.05, 0) is 55.7 Å². The van der Waals surface area contributed by atoms with Crippen LogP contribution in [0.15, 0.2) is 41.3 Å². The van der Waals surface area contributed by atoms with Gasteiger partial charge in [0.25, 0.3) is 0 Å². The molecule has 1 aliphatic rings. The molecule has 6 nitrogen and oxygen atoms in total. The molecule has 1 heterocycles. The molecular formula is C20H23ClFN3O3S. The maximum atomic E-state index is 13.7. The summed E-state index contributed by atoms with van der Waals surface area (Å²) in [7, 11) is -3.58. The summed E-state index contributed by atoms with van der Waals surface area (Å²) >= 11 is 5.82. The number of aryl methyl sites for hydroxylation is 1. The molecule has 29 heavy (non-hydrogen) atoms. The fraction of sp³-hybridized carbons (Fsp3) is 0.350.